The molecule has 0 radical (unpaired) electrons. The Morgan fingerprint density at radius 3 is 2.50 bits per heavy atom. The zero-order valence-corrected chi connectivity index (χ0v) is 14.8. The van der Waals surface area contributed by atoms with Crippen LogP contribution in [0, 0.1) is 0 Å². The van der Waals surface area contributed by atoms with Crippen LogP contribution in [-0.2, 0) is 35.6 Å². The van der Waals surface area contributed by atoms with E-state index in [2.05, 4.69) is 20.5 Å². The number of furan rings is 1. The van der Waals surface area contributed by atoms with Crippen molar-refractivity contribution in [3.63, 3.8) is 0 Å². The fourth-order valence-corrected chi connectivity index (χ4v) is 5.69. The van der Waals surface area contributed by atoms with E-state index in [-0.39, 0.29) is 10.7 Å². The maximum absolute atomic E-state index is 12.9. The lowest BCUT2D eigenvalue weighted by Gasteiger charge is -2.16. The lowest BCUT2D eigenvalue weighted by Crippen LogP contribution is -2.34. The van der Waals surface area contributed by atoms with Crippen molar-refractivity contribution in [3.05, 3.63) is 46.4 Å². The summed E-state index contributed by atoms with van der Waals surface area (Å²) in [7, 11) is -3.35. The van der Waals surface area contributed by atoms with E-state index in [1.807, 2.05) is 0 Å². The van der Waals surface area contributed by atoms with Gasteiger partial charge in [-0.15, -0.1) is 4.36 Å². The molecular weight excluding hydrogens is 354 g/mol. The molecule has 2 heterocycles. The van der Waals surface area contributed by atoms with E-state index in [1.165, 1.54) is 34.6 Å². The molecule has 2 N–H and O–H groups in total. The van der Waals surface area contributed by atoms with Gasteiger partial charge in [-0.3, -0.25) is 4.79 Å². The van der Waals surface area contributed by atoms with Crippen molar-refractivity contribution in [2.24, 2.45) is 4.36 Å². The highest BCUT2D eigenvalue weighted by atomic mass is 32.2. The Bertz CT molecular complexity index is 1060. The highest BCUT2D eigenvalue weighted by Crippen LogP contribution is 2.38. The second-order valence-electron chi connectivity index (χ2n) is 6.83. The number of nitrogens with one attached hydrogen (secondary N) is 2. The molecule has 2 aliphatic carbocycles. The molecule has 134 valence electrons. The van der Waals surface area contributed by atoms with Crippen LogP contribution in [0.25, 0.3) is 0 Å². The van der Waals surface area contributed by atoms with Gasteiger partial charge in [-0.05, 0) is 66.8 Å². The first-order valence-corrected chi connectivity index (χ1v) is 10.2. The van der Waals surface area contributed by atoms with Crippen molar-refractivity contribution in [3.8, 4) is 0 Å². The minimum absolute atomic E-state index is 0.0724. The molecule has 0 bridgehead atoms. The van der Waals surface area contributed by atoms with Crippen LogP contribution >= 0.6 is 0 Å². The Balaban J connectivity index is 1.47. The first-order chi connectivity index (χ1) is 12.5. The molecule has 1 aliphatic heterocycles. The van der Waals surface area contributed by atoms with Gasteiger partial charge in [-0.25, -0.2) is 13.7 Å². The molecule has 3 aliphatic rings. The molecule has 0 saturated carbocycles. The Hall–Kier alpha value is -2.61. The average molecular weight is 371 g/mol. The van der Waals surface area contributed by atoms with Crippen molar-refractivity contribution in [1.29, 1.82) is 0 Å². The second kappa shape index (κ2) is 5.44. The van der Waals surface area contributed by atoms with Crippen molar-refractivity contribution in [1.82, 2.24) is 4.72 Å². The second-order valence-corrected chi connectivity index (χ2v) is 8.70. The Morgan fingerprint density at radius 2 is 1.81 bits per heavy atom. The monoisotopic (exact) mass is 371 g/mol. The number of benzene rings is 1. The highest BCUT2D eigenvalue weighted by Gasteiger charge is 2.34. The number of hydrogen-bond donors (Lipinski definition) is 2. The third-order valence-corrected chi connectivity index (χ3v) is 7.08. The van der Waals surface area contributed by atoms with E-state index >= 15 is 0 Å². The Morgan fingerprint density at radius 1 is 1.12 bits per heavy atom. The number of anilines is 1. The Labute approximate surface area is 150 Å². The topological polar surface area (TPSA) is 101 Å². The van der Waals surface area contributed by atoms with Gasteiger partial charge in [-0.1, -0.05) is 6.07 Å². The van der Waals surface area contributed by atoms with Gasteiger partial charge in [0.25, 0.3) is 0 Å². The maximum atomic E-state index is 12.9. The number of nitrogens with zero attached hydrogens (tertiary/aromatic N) is 1. The molecule has 1 aromatic heterocycles. The van der Waals surface area contributed by atoms with Gasteiger partial charge in [0.05, 0.1) is 6.26 Å². The van der Waals surface area contributed by atoms with Crippen LogP contribution in [0.1, 0.15) is 45.7 Å². The lowest BCUT2D eigenvalue weighted by molar-refractivity contribution is 0.0979. The van der Waals surface area contributed by atoms with Gasteiger partial charge in [0.1, 0.15) is 4.90 Å². The zero-order chi connectivity index (χ0) is 17.9. The molecule has 8 heteroatoms. The third-order valence-electron chi connectivity index (χ3n) is 5.28. The van der Waals surface area contributed by atoms with Gasteiger partial charge in [0, 0.05) is 5.69 Å². The first-order valence-electron chi connectivity index (χ1n) is 8.69. The SMILES string of the molecule is O=C(Nc1c2c(cc3c1CCC3)CCC2)NS1(=O)=NC(=O)c2occc21. The molecule has 5 rings (SSSR count). The molecule has 0 saturated heterocycles. The number of aryl methyl sites for hydroxylation is 2. The molecule has 0 spiro atoms. The summed E-state index contributed by atoms with van der Waals surface area (Å²) in [6, 6.07) is 3.07. The molecule has 1 atom stereocenters. The number of carbonyl (C=O) groups is 2. The summed E-state index contributed by atoms with van der Waals surface area (Å²) < 4.78 is 23.9. The zero-order valence-electron chi connectivity index (χ0n) is 14.0. The van der Waals surface area contributed by atoms with E-state index in [9.17, 15) is 13.8 Å². The summed E-state index contributed by atoms with van der Waals surface area (Å²) in [5.41, 5.74) is 5.80. The molecule has 1 aromatic carbocycles. The number of hydrogen-bond acceptors (Lipinski definition) is 4. The van der Waals surface area contributed by atoms with Crippen LogP contribution in [-0.4, -0.2) is 16.1 Å². The van der Waals surface area contributed by atoms with Gasteiger partial charge in [0.2, 0.25) is 5.76 Å². The van der Waals surface area contributed by atoms with E-state index in [0.717, 1.165) is 44.2 Å². The van der Waals surface area contributed by atoms with Crippen LogP contribution in [0.2, 0.25) is 0 Å². The highest BCUT2D eigenvalue weighted by molar-refractivity contribution is 7.93. The summed E-state index contributed by atoms with van der Waals surface area (Å²) >= 11 is 0. The number of amides is 3. The average Bonchev–Trinajstić information content (AvgIpc) is 3.35. The van der Waals surface area contributed by atoms with Gasteiger partial charge < -0.3 is 9.73 Å². The minimum Gasteiger partial charge on any atom is -0.458 e. The first kappa shape index (κ1) is 15.6. The molecule has 0 fully saturated rings. The van der Waals surface area contributed by atoms with Crippen molar-refractivity contribution in [2.45, 2.75) is 43.4 Å². The smallest absolute Gasteiger partial charge is 0.331 e. The summed E-state index contributed by atoms with van der Waals surface area (Å²) in [6.45, 7) is 0. The molecule has 7 nitrogen and oxygen atoms in total. The van der Waals surface area contributed by atoms with Crippen LogP contribution in [0.5, 0.6) is 0 Å². The Kier molecular flexibility index (Phi) is 3.27. The normalized spacial score (nSPS) is 22.5. The van der Waals surface area contributed by atoms with Crippen LogP contribution in [0.3, 0.4) is 0 Å². The van der Waals surface area contributed by atoms with E-state index in [4.69, 9.17) is 4.42 Å². The third kappa shape index (κ3) is 2.21. The number of urea groups is 1. The van der Waals surface area contributed by atoms with Crippen molar-refractivity contribution in [2.75, 3.05) is 5.32 Å². The molecule has 1 unspecified atom stereocenters. The van der Waals surface area contributed by atoms with Gasteiger partial charge in [0.15, 0.2) is 9.92 Å². The molecule has 26 heavy (non-hydrogen) atoms. The van der Waals surface area contributed by atoms with E-state index in [0.29, 0.717) is 0 Å². The van der Waals surface area contributed by atoms with E-state index < -0.39 is 21.9 Å². The molecular formula is C18H17N3O4S. The largest absolute Gasteiger partial charge is 0.458 e. The lowest BCUT2D eigenvalue weighted by atomic mass is 9.99. The summed E-state index contributed by atoms with van der Waals surface area (Å²) in [5, 5.41) is 2.90. The standard InChI is InChI=1S/C18H17N3O4S/c22-17-16-14(7-8-25-16)26(24,20-17)21-18(23)19-15-12-5-1-3-10(12)9-11-4-2-6-13(11)15/h7-9H,1-6H2,(H2,19,20,21,22,23,24). The fourth-order valence-electron chi connectivity index (χ4n) is 4.19. The van der Waals surface area contributed by atoms with Crippen molar-refractivity contribution < 1.29 is 18.2 Å². The van der Waals surface area contributed by atoms with Gasteiger partial charge >= 0.3 is 11.9 Å². The van der Waals surface area contributed by atoms with Gasteiger partial charge in [-0.2, -0.15) is 0 Å². The maximum Gasteiger partial charge on any atom is 0.331 e. The number of carbonyl (C=O) groups excluding carboxylic acids is 2. The van der Waals surface area contributed by atoms with Crippen LogP contribution in [0.4, 0.5) is 10.5 Å². The number of rotatable bonds is 2. The summed E-state index contributed by atoms with van der Waals surface area (Å²) in [6.07, 6.45) is 7.34. The minimum atomic E-state index is -3.35. The fraction of sp³-hybridized carbons (Fsp3) is 0.333. The summed E-state index contributed by atoms with van der Waals surface area (Å²) in [4.78, 5) is 24.5. The van der Waals surface area contributed by atoms with E-state index in [1.54, 1.807) is 0 Å². The predicted octanol–water partition coefficient (Wildman–Crippen LogP) is 2.97. The van der Waals surface area contributed by atoms with Crippen LogP contribution < -0.4 is 10.0 Å². The summed E-state index contributed by atoms with van der Waals surface area (Å²) in [5.74, 6) is -0.784. The molecule has 2 aromatic rings. The molecule has 3 amide bonds. The van der Waals surface area contributed by atoms with Crippen molar-refractivity contribution >= 4 is 27.5 Å². The number of fused-ring (bicyclic) bond motifs is 3. The predicted molar refractivity (Wildman–Crippen MR) is 94.5 cm³/mol. The van der Waals surface area contributed by atoms with Crippen LogP contribution in [0.15, 0.2) is 32.1 Å². The quantitative estimate of drug-likeness (QED) is 0.847.